The molecule has 0 saturated carbocycles. The number of fused-ring (bicyclic) bond motifs is 2. The quantitative estimate of drug-likeness (QED) is 0.467. The van der Waals surface area contributed by atoms with Gasteiger partial charge in [0.15, 0.2) is 5.82 Å². The Hall–Kier alpha value is -3.66. The van der Waals surface area contributed by atoms with Crippen molar-refractivity contribution in [3.8, 4) is 17.0 Å². The Morgan fingerprint density at radius 1 is 1.35 bits per heavy atom. The highest BCUT2D eigenvalue weighted by Gasteiger charge is 2.21. The number of carbonyl (C=O) groups excluding carboxylic acids is 1. The summed E-state index contributed by atoms with van der Waals surface area (Å²) >= 11 is 0. The number of amides is 1. The molecule has 1 aliphatic rings. The van der Waals surface area contributed by atoms with Gasteiger partial charge in [-0.15, -0.1) is 0 Å². The summed E-state index contributed by atoms with van der Waals surface area (Å²) in [5.74, 6) is 0.171. The van der Waals surface area contributed by atoms with Crippen molar-refractivity contribution in [2.24, 2.45) is 5.73 Å². The average Bonchev–Trinajstić information content (AvgIpc) is 2.76. The molecule has 31 heavy (non-hydrogen) atoms. The van der Waals surface area contributed by atoms with Crippen molar-refractivity contribution in [3.63, 3.8) is 0 Å². The van der Waals surface area contributed by atoms with Crippen LogP contribution in [0, 0.1) is 12.7 Å². The number of nitrogens with one attached hydrogen (secondary N) is 2. The Bertz CT molecular complexity index is 1170. The molecule has 1 unspecified atom stereocenters. The fourth-order valence-electron chi connectivity index (χ4n) is 3.42. The Labute approximate surface area is 177 Å². The van der Waals surface area contributed by atoms with E-state index in [1.165, 1.54) is 6.20 Å². The predicted octanol–water partition coefficient (Wildman–Crippen LogP) is 3.03. The van der Waals surface area contributed by atoms with Gasteiger partial charge in [0.05, 0.1) is 5.69 Å². The Kier molecular flexibility index (Phi) is 5.47. The summed E-state index contributed by atoms with van der Waals surface area (Å²) in [7, 11) is 0. The minimum absolute atomic E-state index is 0.0350. The number of nitrogens with two attached hydrogens (primary N) is 2. The number of aromatic nitrogens is 2. The molecule has 1 aromatic carbocycles. The van der Waals surface area contributed by atoms with Crippen LogP contribution < -0.4 is 26.8 Å². The van der Waals surface area contributed by atoms with Crippen LogP contribution in [-0.4, -0.2) is 41.9 Å². The van der Waals surface area contributed by atoms with Crippen molar-refractivity contribution in [2.45, 2.75) is 20.0 Å². The van der Waals surface area contributed by atoms with Gasteiger partial charge in [-0.2, -0.15) is 0 Å². The van der Waals surface area contributed by atoms with E-state index in [0.717, 1.165) is 11.3 Å². The number of pyridine rings is 2. The van der Waals surface area contributed by atoms with Crippen molar-refractivity contribution < 1.29 is 18.7 Å². The van der Waals surface area contributed by atoms with Gasteiger partial charge in [-0.25, -0.2) is 19.2 Å². The number of ether oxygens (including phenoxy) is 2. The van der Waals surface area contributed by atoms with Gasteiger partial charge in [-0.1, -0.05) is 0 Å². The molecule has 1 aliphatic heterocycles. The highest BCUT2D eigenvalue weighted by molar-refractivity contribution is 5.99. The maximum Gasteiger partial charge on any atom is 0.413 e. The van der Waals surface area contributed by atoms with Crippen molar-refractivity contribution in [2.75, 3.05) is 36.1 Å². The lowest BCUT2D eigenvalue weighted by atomic mass is 9.97. The van der Waals surface area contributed by atoms with E-state index in [0.29, 0.717) is 40.9 Å². The van der Waals surface area contributed by atoms with Gasteiger partial charge in [0, 0.05) is 42.0 Å². The number of nitrogen functional groups attached to an aromatic ring is 1. The van der Waals surface area contributed by atoms with Crippen LogP contribution in [0.15, 0.2) is 24.5 Å². The smallest absolute Gasteiger partial charge is 0.413 e. The van der Waals surface area contributed by atoms with E-state index >= 15 is 4.39 Å². The van der Waals surface area contributed by atoms with Crippen LogP contribution in [0.5, 0.6) is 5.88 Å². The van der Waals surface area contributed by atoms with E-state index in [4.69, 9.17) is 20.9 Å². The molecule has 0 spiro atoms. The second kappa shape index (κ2) is 8.23. The second-order valence-corrected chi connectivity index (χ2v) is 7.27. The summed E-state index contributed by atoms with van der Waals surface area (Å²) in [5, 5.41) is 6.82. The Morgan fingerprint density at radius 3 is 2.94 bits per heavy atom. The summed E-state index contributed by atoms with van der Waals surface area (Å²) in [6, 6.07) is 3.26. The van der Waals surface area contributed by atoms with Gasteiger partial charge in [-0.3, -0.25) is 5.32 Å². The first-order chi connectivity index (χ1) is 14.9. The third kappa shape index (κ3) is 3.89. The summed E-state index contributed by atoms with van der Waals surface area (Å²) in [6.45, 7) is 4.90. The normalized spacial score (nSPS) is 13.7. The number of hydrogen-bond donors (Lipinski definition) is 4. The molecule has 0 bridgehead atoms. The van der Waals surface area contributed by atoms with Gasteiger partial charge in [0.2, 0.25) is 5.88 Å². The summed E-state index contributed by atoms with van der Waals surface area (Å²) in [4.78, 5) is 20.4. The number of nitrogens with zero attached hydrogens (tertiary/aromatic N) is 2. The predicted molar refractivity (Wildman–Crippen MR) is 117 cm³/mol. The molecular weight excluding hydrogens is 403 g/mol. The van der Waals surface area contributed by atoms with E-state index in [-0.39, 0.29) is 18.1 Å². The third-order valence-electron chi connectivity index (χ3n) is 5.11. The van der Waals surface area contributed by atoms with Crippen LogP contribution in [0.1, 0.15) is 12.5 Å². The van der Waals surface area contributed by atoms with Crippen LogP contribution in [0.4, 0.5) is 26.4 Å². The molecule has 10 heteroatoms. The highest BCUT2D eigenvalue weighted by Crippen LogP contribution is 2.39. The molecule has 162 valence electrons. The molecule has 3 aromatic rings. The fraction of sp³-hybridized carbons (Fsp3) is 0.286. The van der Waals surface area contributed by atoms with Crippen molar-refractivity contribution in [3.05, 3.63) is 35.9 Å². The van der Waals surface area contributed by atoms with Crippen LogP contribution >= 0.6 is 0 Å². The fourth-order valence-corrected chi connectivity index (χ4v) is 3.42. The lowest BCUT2D eigenvalue weighted by molar-refractivity contribution is 0.124. The lowest BCUT2D eigenvalue weighted by Gasteiger charge is -2.22. The molecule has 1 amide bonds. The van der Waals surface area contributed by atoms with Crippen molar-refractivity contribution in [1.82, 2.24) is 9.97 Å². The van der Waals surface area contributed by atoms with Crippen molar-refractivity contribution in [1.29, 1.82) is 0 Å². The van der Waals surface area contributed by atoms with Gasteiger partial charge in [0.1, 0.15) is 24.2 Å². The first-order valence-corrected chi connectivity index (χ1v) is 9.81. The Balaban J connectivity index is 1.75. The second-order valence-electron chi connectivity index (χ2n) is 7.27. The van der Waals surface area contributed by atoms with Gasteiger partial charge < -0.3 is 26.3 Å². The van der Waals surface area contributed by atoms with Gasteiger partial charge >= 0.3 is 6.09 Å². The first kappa shape index (κ1) is 20.6. The molecule has 0 aliphatic carbocycles. The van der Waals surface area contributed by atoms with E-state index in [1.807, 2.05) is 6.92 Å². The highest BCUT2D eigenvalue weighted by atomic mass is 19.1. The molecule has 0 radical (unpaired) electrons. The maximum absolute atomic E-state index is 15.2. The molecule has 9 nitrogen and oxygen atoms in total. The largest absolute Gasteiger partial charge is 0.474 e. The zero-order valence-electron chi connectivity index (χ0n) is 17.2. The van der Waals surface area contributed by atoms with E-state index in [9.17, 15) is 4.79 Å². The van der Waals surface area contributed by atoms with Crippen LogP contribution in [0.25, 0.3) is 21.9 Å². The summed E-state index contributed by atoms with van der Waals surface area (Å²) in [5.41, 5.74) is 13.9. The maximum atomic E-state index is 15.2. The summed E-state index contributed by atoms with van der Waals surface area (Å²) in [6.07, 6.45) is 1.86. The van der Waals surface area contributed by atoms with Crippen LogP contribution in [0.2, 0.25) is 0 Å². The molecule has 2 aromatic heterocycles. The topological polar surface area (TPSA) is 137 Å². The van der Waals surface area contributed by atoms with Crippen LogP contribution in [0.3, 0.4) is 0 Å². The molecular formula is C21H23FN6O3. The molecule has 0 saturated heterocycles. The third-order valence-corrected chi connectivity index (χ3v) is 5.11. The number of carbonyl (C=O) groups is 1. The zero-order chi connectivity index (χ0) is 22.1. The molecule has 0 fully saturated rings. The van der Waals surface area contributed by atoms with E-state index < -0.39 is 18.0 Å². The number of halogens is 1. The first-order valence-electron chi connectivity index (χ1n) is 9.81. The number of hydrogen-bond acceptors (Lipinski definition) is 8. The lowest BCUT2D eigenvalue weighted by Crippen LogP contribution is -2.26. The average molecular weight is 426 g/mol. The standard InChI is InChI=1S/C21H23FN6O3/c1-10(7-23)31-21(29)28-16-6-12-5-13(17(22)18(24)15(12)9-26-16)14-8-27-20-19(11(14)2)25-3-4-30-20/h5-6,8-10,25H,3-4,7,23-24H2,1-2H3,(H,26,28,29). The minimum atomic E-state index is -0.680. The monoisotopic (exact) mass is 426 g/mol. The number of benzene rings is 1. The molecule has 6 N–H and O–H groups in total. The number of rotatable bonds is 4. The zero-order valence-corrected chi connectivity index (χ0v) is 17.2. The Morgan fingerprint density at radius 2 is 2.16 bits per heavy atom. The number of anilines is 3. The molecule has 1 atom stereocenters. The minimum Gasteiger partial charge on any atom is -0.474 e. The molecule has 4 rings (SSSR count). The van der Waals surface area contributed by atoms with Crippen LogP contribution in [-0.2, 0) is 4.74 Å². The molecule has 3 heterocycles. The van der Waals surface area contributed by atoms with E-state index in [2.05, 4.69) is 20.6 Å². The summed E-state index contributed by atoms with van der Waals surface area (Å²) < 4.78 is 25.8. The van der Waals surface area contributed by atoms with Crippen molar-refractivity contribution >= 4 is 34.1 Å². The van der Waals surface area contributed by atoms with Gasteiger partial charge in [-0.05, 0) is 36.9 Å². The SMILES string of the molecule is Cc1c(-c2cc3cc(NC(=O)OC(C)CN)ncc3c(N)c2F)cnc2c1NCCO2. The van der Waals surface area contributed by atoms with E-state index in [1.54, 1.807) is 25.3 Å². The van der Waals surface area contributed by atoms with Gasteiger partial charge in [0.25, 0.3) is 0 Å².